The number of esters is 1. The molecular formula is C19H19N3O4S. The molecular weight excluding hydrogens is 366 g/mol. The van der Waals surface area contributed by atoms with Crippen LogP contribution in [0.3, 0.4) is 0 Å². The van der Waals surface area contributed by atoms with Gasteiger partial charge in [-0.1, -0.05) is 24.3 Å². The molecule has 140 valence electrons. The number of thiophene rings is 1. The number of para-hydroxylation sites is 1. The van der Waals surface area contributed by atoms with E-state index >= 15 is 0 Å². The largest absolute Gasteiger partial charge is 0.454 e. The summed E-state index contributed by atoms with van der Waals surface area (Å²) in [6.07, 6.45) is 2.59. The monoisotopic (exact) mass is 385 g/mol. The van der Waals surface area contributed by atoms with E-state index in [4.69, 9.17) is 4.74 Å². The van der Waals surface area contributed by atoms with Gasteiger partial charge in [0.05, 0.1) is 4.88 Å². The van der Waals surface area contributed by atoms with Crippen molar-refractivity contribution in [3.8, 4) is 0 Å². The molecule has 8 heteroatoms. The van der Waals surface area contributed by atoms with E-state index < -0.39 is 5.97 Å². The molecule has 2 amide bonds. The number of rotatable bonds is 8. The lowest BCUT2D eigenvalue weighted by Gasteiger charge is -2.07. The third-order valence-electron chi connectivity index (χ3n) is 3.89. The Morgan fingerprint density at radius 2 is 1.93 bits per heavy atom. The second-order valence-electron chi connectivity index (χ2n) is 5.78. The van der Waals surface area contributed by atoms with Gasteiger partial charge in [-0.2, -0.15) is 0 Å². The highest BCUT2D eigenvalue weighted by Crippen LogP contribution is 2.17. The summed E-state index contributed by atoms with van der Waals surface area (Å²) in [4.78, 5) is 38.8. The molecule has 2 heterocycles. The molecule has 0 radical (unpaired) electrons. The van der Waals surface area contributed by atoms with E-state index in [9.17, 15) is 14.4 Å². The van der Waals surface area contributed by atoms with Gasteiger partial charge < -0.3 is 20.4 Å². The number of carbonyl (C=O) groups excluding carboxylic acids is 3. The van der Waals surface area contributed by atoms with E-state index in [1.807, 2.05) is 30.5 Å². The fourth-order valence-electron chi connectivity index (χ4n) is 2.57. The number of H-pyrrole nitrogens is 1. The Balaban J connectivity index is 1.33. The van der Waals surface area contributed by atoms with E-state index in [2.05, 4.69) is 15.6 Å². The summed E-state index contributed by atoms with van der Waals surface area (Å²) in [5, 5.41) is 8.06. The second kappa shape index (κ2) is 9.00. The van der Waals surface area contributed by atoms with Crippen molar-refractivity contribution >= 4 is 40.0 Å². The number of fused-ring (bicyclic) bond motifs is 1. The van der Waals surface area contributed by atoms with E-state index in [-0.39, 0.29) is 25.0 Å². The van der Waals surface area contributed by atoms with Gasteiger partial charge in [0.25, 0.3) is 11.8 Å². The number of benzene rings is 1. The van der Waals surface area contributed by atoms with E-state index in [1.165, 1.54) is 11.3 Å². The van der Waals surface area contributed by atoms with Gasteiger partial charge in [0.1, 0.15) is 6.54 Å². The van der Waals surface area contributed by atoms with E-state index in [0.717, 1.165) is 16.5 Å². The molecule has 0 aliphatic carbocycles. The lowest BCUT2D eigenvalue weighted by Crippen LogP contribution is -2.34. The lowest BCUT2D eigenvalue weighted by molar-refractivity contribution is -0.147. The molecule has 0 fully saturated rings. The minimum Gasteiger partial charge on any atom is -0.454 e. The number of aromatic amines is 1. The Morgan fingerprint density at radius 1 is 1.07 bits per heavy atom. The molecule has 0 saturated heterocycles. The van der Waals surface area contributed by atoms with Crippen LogP contribution in [0.5, 0.6) is 0 Å². The third kappa shape index (κ3) is 5.18. The molecule has 0 aliphatic heterocycles. The predicted octanol–water partition coefficient (Wildman–Crippen LogP) is 1.86. The first-order chi connectivity index (χ1) is 13.1. The molecule has 3 rings (SSSR count). The van der Waals surface area contributed by atoms with Gasteiger partial charge in [-0.15, -0.1) is 11.3 Å². The fraction of sp³-hybridized carbons (Fsp3) is 0.211. The van der Waals surface area contributed by atoms with Gasteiger partial charge in [0.2, 0.25) is 0 Å². The first-order valence-corrected chi connectivity index (χ1v) is 9.30. The highest BCUT2D eigenvalue weighted by atomic mass is 32.1. The minimum absolute atomic E-state index is 0.278. The molecule has 0 atom stereocenters. The smallest absolute Gasteiger partial charge is 0.325 e. The Kier molecular flexibility index (Phi) is 6.22. The molecule has 3 N–H and O–H groups in total. The van der Waals surface area contributed by atoms with Crippen LogP contribution in [-0.4, -0.2) is 42.5 Å². The molecule has 0 bridgehead atoms. The summed E-state index contributed by atoms with van der Waals surface area (Å²) in [5.74, 6) is -1.38. The number of hydrogen-bond donors (Lipinski definition) is 3. The predicted molar refractivity (Wildman–Crippen MR) is 103 cm³/mol. The van der Waals surface area contributed by atoms with Crippen LogP contribution in [0.2, 0.25) is 0 Å². The second-order valence-corrected chi connectivity index (χ2v) is 6.73. The first-order valence-electron chi connectivity index (χ1n) is 8.42. The minimum atomic E-state index is -0.660. The Labute approximate surface area is 159 Å². The van der Waals surface area contributed by atoms with Crippen LogP contribution in [0.25, 0.3) is 10.9 Å². The summed E-state index contributed by atoms with van der Waals surface area (Å²) in [7, 11) is 0. The van der Waals surface area contributed by atoms with Gasteiger partial charge >= 0.3 is 5.97 Å². The maximum atomic E-state index is 11.8. The zero-order valence-corrected chi connectivity index (χ0v) is 15.3. The van der Waals surface area contributed by atoms with Gasteiger partial charge in [-0.25, -0.2) is 0 Å². The zero-order valence-electron chi connectivity index (χ0n) is 14.5. The molecule has 1 aromatic carbocycles. The maximum Gasteiger partial charge on any atom is 0.325 e. The summed E-state index contributed by atoms with van der Waals surface area (Å²) in [6, 6.07) is 11.4. The van der Waals surface area contributed by atoms with Crippen LogP contribution in [-0.2, 0) is 20.7 Å². The summed E-state index contributed by atoms with van der Waals surface area (Å²) < 4.78 is 4.86. The van der Waals surface area contributed by atoms with Crippen molar-refractivity contribution in [2.75, 3.05) is 19.7 Å². The van der Waals surface area contributed by atoms with Crippen LogP contribution in [0, 0.1) is 0 Å². The molecule has 3 aromatic rings. The highest BCUT2D eigenvalue weighted by Gasteiger charge is 2.11. The Morgan fingerprint density at radius 3 is 2.74 bits per heavy atom. The molecule has 0 saturated carbocycles. The molecule has 0 aliphatic rings. The van der Waals surface area contributed by atoms with Crippen LogP contribution in [0.15, 0.2) is 48.0 Å². The summed E-state index contributed by atoms with van der Waals surface area (Å²) >= 11 is 1.28. The number of carbonyl (C=O) groups is 3. The number of ether oxygens (including phenoxy) is 1. The molecule has 0 unspecified atom stereocenters. The van der Waals surface area contributed by atoms with Crippen molar-refractivity contribution in [2.45, 2.75) is 6.42 Å². The van der Waals surface area contributed by atoms with Crippen LogP contribution < -0.4 is 10.6 Å². The maximum absolute atomic E-state index is 11.8. The topological polar surface area (TPSA) is 100 Å². The SMILES string of the molecule is O=C(COC(=O)CNC(=O)c1cccs1)NCCc1c[nH]c2ccccc12. The highest BCUT2D eigenvalue weighted by molar-refractivity contribution is 7.12. The first kappa shape index (κ1) is 18.7. The van der Waals surface area contributed by atoms with E-state index in [0.29, 0.717) is 17.8 Å². The molecule has 0 spiro atoms. The Hall–Kier alpha value is -3.13. The Bertz CT molecular complexity index is 933. The number of amides is 2. The number of aromatic nitrogens is 1. The molecule has 7 nitrogen and oxygen atoms in total. The molecule has 27 heavy (non-hydrogen) atoms. The quantitative estimate of drug-likeness (QED) is 0.515. The van der Waals surface area contributed by atoms with Crippen molar-refractivity contribution < 1.29 is 19.1 Å². The van der Waals surface area contributed by atoms with Crippen LogP contribution in [0.4, 0.5) is 0 Å². The fourth-order valence-corrected chi connectivity index (χ4v) is 3.21. The number of nitrogens with one attached hydrogen (secondary N) is 3. The zero-order chi connectivity index (χ0) is 19.1. The molecule has 2 aromatic heterocycles. The van der Waals surface area contributed by atoms with Crippen molar-refractivity contribution in [3.05, 3.63) is 58.4 Å². The summed E-state index contributed by atoms with van der Waals surface area (Å²) in [5.41, 5.74) is 2.16. The van der Waals surface area contributed by atoms with Gasteiger partial charge in [-0.3, -0.25) is 14.4 Å². The van der Waals surface area contributed by atoms with Crippen molar-refractivity contribution in [1.82, 2.24) is 15.6 Å². The standard InChI is InChI=1S/C19H19N3O4S/c23-17(12-26-18(24)11-22-19(25)16-6-3-9-27-16)20-8-7-13-10-21-15-5-2-1-4-14(13)15/h1-6,9-10,21H,7-8,11-12H2,(H,20,23)(H,22,25). The van der Waals surface area contributed by atoms with Crippen LogP contribution in [0.1, 0.15) is 15.2 Å². The van der Waals surface area contributed by atoms with E-state index in [1.54, 1.807) is 17.5 Å². The third-order valence-corrected chi connectivity index (χ3v) is 4.76. The summed E-state index contributed by atoms with van der Waals surface area (Å²) in [6.45, 7) is -0.214. The number of hydrogen-bond acceptors (Lipinski definition) is 5. The van der Waals surface area contributed by atoms with Crippen molar-refractivity contribution in [1.29, 1.82) is 0 Å². The lowest BCUT2D eigenvalue weighted by atomic mass is 10.1. The van der Waals surface area contributed by atoms with Crippen molar-refractivity contribution in [3.63, 3.8) is 0 Å². The van der Waals surface area contributed by atoms with Gasteiger partial charge in [0.15, 0.2) is 6.61 Å². The average Bonchev–Trinajstić information content (AvgIpc) is 3.35. The van der Waals surface area contributed by atoms with Gasteiger partial charge in [0, 0.05) is 23.6 Å². The van der Waals surface area contributed by atoms with Gasteiger partial charge in [-0.05, 0) is 29.5 Å². The van der Waals surface area contributed by atoms with Crippen LogP contribution >= 0.6 is 11.3 Å². The normalized spacial score (nSPS) is 10.5. The average molecular weight is 385 g/mol. The van der Waals surface area contributed by atoms with Crippen molar-refractivity contribution in [2.24, 2.45) is 0 Å².